The lowest BCUT2D eigenvalue weighted by molar-refractivity contribution is 0.0695. The Labute approximate surface area is 228 Å². The van der Waals surface area contributed by atoms with E-state index in [0.29, 0.717) is 64.5 Å². The summed E-state index contributed by atoms with van der Waals surface area (Å²) in [5, 5.41) is 12.7. The van der Waals surface area contributed by atoms with Crippen LogP contribution in [0.25, 0.3) is 33.3 Å². The Morgan fingerprint density at radius 2 is 1.85 bits per heavy atom. The second-order valence-electron chi connectivity index (χ2n) is 10.1. The summed E-state index contributed by atoms with van der Waals surface area (Å²) in [7, 11) is 3.30. The SMILES string of the molecule is CCN1CCN(c2c(-c3cnc4c(c3)c(=O)c(C(=O)O)cn4C)cnc3c2-c2c(F)c(F)cc(NC)c2C3)CC1. The number of aromatic nitrogens is 3. The lowest BCUT2D eigenvalue weighted by atomic mass is 9.96. The molecule has 9 nitrogen and oxygen atoms in total. The van der Waals surface area contributed by atoms with Crippen molar-refractivity contribution in [1.82, 2.24) is 19.4 Å². The second-order valence-corrected chi connectivity index (χ2v) is 10.1. The van der Waals surface area contributed by atoms with Crippen molar-refractivity contribution in [2.24, 2.45) is 7.05 Å². The zero-order valence-corrected chi connectivity index (χ0v) is 22.4. The van der Waals surface area contributed by atoms with Crippen LogP contribution in [0, 0.1) is 11.6 Å². The molecule has 4 aromatic rings. The standard InChI is InChI=1S/C29H28F2N6O3/c1-4-36-5-7-37(8-6-36)26-18(15-9-17-27(38)19(29(39)40)14-35(3)28(17)34-12-15)13-33-22-10-16-21(32-2)11-20(30)25(31)23(16)24(22)26/h9,11-14,32H,4-8,10H2,1-3H3,(H,39,40). The van der Waals surface area contributed by atoms with Crippen molar-refractivity contribution in [3.8, 4) is 22.3 Å². The molecule has 6 rings (SSSR count). The molecule has 206 valence electrons. The fourth-order valence-corrected chi connectivity index (χ4v) is 5.93. The first-order valence-electron chi connectivity index (χ1n) is 13.1. The molecular formula is C29H28F2N6O3. The van der Waals surface area contributed by atoms with E-state index in [4.69, 9.17) is 0 Å². The molecule has 1 aliphatic carbocycles. The number of nitrogens with one attached hydrogen (secondary N) is 1. The minimum absolute atomic E-state index is 0.150. The molecule has 40 heavy (non-hydrogen) atoms. The zero-order chi connectivity index (χ0) is 28.3. The van der Waals surface area contributed by atoms with Crippen LogP contribution < -0.4 is 15.6 Å². The van der Waals surface area contributed by atoms with Crippen LogP contribution in [0.4, 0.5) is 20.2 Å². The molecule has 0 atom stereocenters. The van der Waals surface area contributed by atoms with Gasteiger partial charge in [0.15, 0.2) is 11.6 Å². The quantitative estimate of drug-likeness (QED) is 0.344. The number of piperazine rings is 1. The van der Waals surface area contributed by atoms with Crippen molar-refractivity contribution in [1.29, 1.82) is 0 Å². The van der Waals surface area contributed by atoms with E-state index in [0.717, 1.165) is 19.6 Å². The minimum Gasteiger partial charge on any atom is -0.477 e. The van der Waals surface area contributed by atoms with Crippen LogP contribution in [-0.4, -0.2) is 70.3 Å². The molecule has 0 radical (unpaired) electrons. The van der Waals surface area contributed by atoms with Crippen molar-refractivity contribution in [3.63, 3.8) is 0 Å². The van der Waals surface area contributed by atoms with Gasteiger partial charge >= 0.3 is 5.97 Å². The molecule has 0 saturated carbocycles. The van der Waals surface area contributed by atoms with Crippen LogP contribution in [0.3, 0.4) is 0 Å². The Morgan fingerprint density at radius 3 is 2.52 bits per heavy atom. The van der Waals surface area contributed by atoms with E-state index < -0.39 is 23.0 Å². The lowest BCUT2D eigenvalue weighted by Crippen LogP contribution is -2.46. The van der Waals surface area contributed by atoms with Gasteiger partial charge in [0.05, 0.1) is 16.8 Å². The summed E-state index contributed by atoms with van der Waals surface area (Å²) in [5.41, 5.74) is 3.73. The number of carbonyl (C=O) groups is 1. The van der Waals surface area contributed by atoms with E-state index in [-0.39, 0.29) is 16.5 Å². The predicted octanol–water partition coefficient (Wildman–Crippen LogP) is 3.73. The van der Waals surface area contributed by atoms with E-state index in [1.165, 1.54) is 16.8 Å². The average molecular weight is 547 g/mol. The normalized spacial score (nSPS) is 14.9. The summed E-state index contributed by atoms with van der Waals surface area (Å²) in [5.74, 6) is -3.19. The number of pyridine rings is 3. The van der Waals surface area contributed by atoms with Crippen molar-refractivity contribution < 1.29 is 18.7 Å². The fourth-order valence-electron chi connectivity index (χ4n) is 5.93. The Hall–Kier alpha value is -4.38. The maximum absolute atomic E-state index is 15.6. The maximum atomic E-state index is 15.6. The van der Waals surface area contributed by atoms with Crippen molar-refractivity contribution in [3.05, 3.63) is 69.4 Å². The molecule has 2 aliphatic rings. The summed E-state index contributed by atoms with van der Waals surface area (Å²) < 4.78 is 31.9. The van der Waals surface area contributed by atoms with Crippen LogP contribution in [0.15, 0.2) is 35.5 Å². The number of likely N-dealkylation sites (N-methyl/N-ethyl adjacent to an activating group) is 1. The molecule has 1 saturated heterocycles. The van der Waals surface area contributed by atoms with Gasteiger partial charge in [0, 0.05) is 99.3 Å². The monoisotopic (exact) mass is 546 g/mol. The van der Waals surface area contributed by atoms with Gasteiger partial charge in [-0.1, -0.05) is 6.92 Å². The summed E-state index contributed by atoms with van der Waals surface area (Å²) in [6.45, 7) is 5.93. The van der Waals surface area contributed by atoms with Crippen molar-refractivity contribution >= 4 is 28.4 Å². The topological polar surface area (TPSA) is 104 Å². The first-order chi connectivity index (χ1) is 19.2. The van der Waals surface area contributed by atoms with Crippen LogP contribution in [0.5, 0.6) is 0 Å². The smallest absolute Gasteiger partial charge is 0.341 e. The highest BCUT2D eigenvalue weighted by Crippen LogP contribution is 2.50. The first kappa shape index (κ1) is 25.9. The molecule has 0 amide bonds. The van der Waals surface area contributed by atoms with E-state index in [1.807, 2.05) is 0 Å². The molecule has 3 aromatic heterocycles. The third kappa shape index (κ3) is 3.91. The Bertz CT molecular complexity index is 1760. The Kier molecular flexibility index (Phi) is 6.25. The molecule has 11 heteroatoms. The summed E-state index contributed by atoms with van der Waals surface area (Å²) >= 11 is 0. The molecule has 0 unspecified atom stereocenters. The van der Waals surface area contributed by atoms with Gasteiger partial charge in [0.2, 0.25) is 5.43 Å². The van der Waals surface area contributed by atoms with Gasteiger partial charge in [0.1, 0.15) is 11.2 Å². The number of benzene rings is 1. The molecule has 2 N–H and O–H groups in total. The maximum Gasteiger partial charge on any atom is 0.341 e. The number of rotatable bonds is 5. The van der Waals surface area contributed by atoms with Gasteiger partial charge in [-0.15, -0.1) is 0 Å². The fraction of sp³-hybridized carbons (Fsp3) is 0.310. The number of aryl methyl sites for hydroxylation is 1. The average Bonchev–Trinajstić information content (AvgIpc) is 3.36. The third-order valence-electron chi connectivity index (χ3n) is 8.01. The lowest BCUT2D eigenvalue weighted by Gasteiger charge is -2.37. The van der Waals surface area contributed by atoms with E-state index in [9.17, 15) is 19.1 Å². The highest BCUT2D eigenvalue weighted by Gasteiger charge is 2.34. The molecular weight excluding hydrogens is 518 g/mol. The largest absolute Gasteiger partial charge is 0.477 e. The van der Waals surface area contributed by atoms with Gasteiger partial charge < -0.3 is 24.8 Å². The van der Waals surface area contributed by atoms with E-state index >= 15 is 4.39 Å². The van der Waals surface area contributed by atoms with Crippen LogP contribution >= 0.6 is 0 Å². The molecule has 4 heterocycles. The van der Waals surface area contributed by atoms with Crippen LogP contribution in [0.2, 0.25) is 0 Å². The molecule has 0 bridgehead atoms. The summed E-state index contributed by atoms with van der Waals surface area (Å²) in [6.07, 6.45) is 4.89. The number of hydrogen-bond acceptors (Lipinski definition) is 7. The summed E-state index contributed by atoms with van der Waals surface area (Å²) in [4.78, 5) is 38.5. The molecule has 1 fully saturated rings. The Balaban J connectivity index is 1.63. The first-order valence-corrected chi connectivity index (χ1v) is 13.1. The number of fused-ring (bicyclic) bond motifs is 4. The number of anilines is 2. The number of hydrogen-bond donors (Lipinski definition) is 2. The van der Waals surface area contributed by atoms with Gasteiger partial charge in [-0.2, -0.15) is 0 Å². The van der Waals surface area contributed by atoms with Gasteiger partial charge in [-0.3, -0.25) is 9.78 Å². The molecule has 0 spiro atoms. The number of carboxylic acids is 1. The highest BCUT2D eigenvalue weighted by atomic mass is 19.2. The van der Waals surface area contributed by atoms with Gasteiger partial charge in [-0.05, 0) is 18.2 Å². The van der Waals surface area contributed by atoms with Crippen LogP contribution in [0.1, 0.15) is 28.5 Å². The number of nitrogens with zero attached hydrogens (tertiary/aromatic N) is 5. The minimum atomic E-state index is -1.32. The van der Waals surface area contributed by atoms with E-state index in [2.05, 4.69) is 32.0 Å². The highest BCUT2D eigenvalue weighted by molar-refractivity contribution is 5.98. The second kappa shape index (κ2) is 9.67. The molecule has 1 aliphatic heterocycles. The van der Waals surface area contributed by atoms with Gasteiger partial charge in [-0.25, -0.2) is 18.6 Å². The zero-order valence-electron chi connectivity index (χ0n) is 22.4. The van der Waals surface area contributed by atoms with Crippen molar-refractivity contribution in [2.45, 2.75) is 13.3 Å². The number of carboxylic acid groups (broad SMARTS) is 1. The number of aromatic carboxylic acids is 1. The molecule has 1 aromatic carbocycles. The van der Waals surface area contributed by atoms with Crippen LogP contribution in [-0.2, 0) is 13.5 Å². The van der Waals surface area contributed by atoms with Crippen molar-refractivity contribution in [2.75, 3.05) is 50.0 Å². The summed E-state index contributed by atoms with van der Waals surface area (Å²) in [6, 6.07) is 2.78. The predicted molar refractivity (Wildman–Crippen MR) is 149 cm³/mol. The van der Waals surface area contributed by atoms with Gasteiger partial charge in [0.25, 0.3) is 0 Å². The third-order valence-corrected chi connectivity index (χ3v) is 8.01. The Morgan fingerprint density at radius 1 is 1.10 bits per heavy atom. The number of halogens is 2. The van der Waals surface area contributed by atoms with E-state index in [1.54, 1.807) is 32.6 Å².